The molecule has 0 aliphatic carbocycles. The van der Waals surface area contributed by atoms with Crippen LogP contribution >= 0.6 is 0 Å². The molecule has 0 bridgehead atoms. The molecule has 3 aromatic rings. The smallest absolute Gasteiger partial charge is 0.457 e. The van der Waals surface area contributed by atoms with Crippen molar-refractivity contribution >= 4 is 29.4 Å². The summed E-state index contributed by atoms with van der Waals surface area (Å²) in [5.41, 5.74) is -1.59. The zero-order chi connectivity index (χ0) is 28.8. The van der Waals surface area contributed by atoms with Gasteiger partial charge in [-0.15, -0.1) is 0 Å². The van der Waals surface area contributed by atoms with Gasteiger partial charge in [0.2, 0.25) is 11.8 Å². The summed E-state index contributed by atoms with van der Waals surface area (Å²) in [6.07, 6.45) is -5.82. The van der Waals surface area contributed by atoms with Gasteiger partial charge in [0.15, 0.2) is 0 Å². The van der Waals surface area contributed by atoms with Gasteiger partial charge in [0.05, 0.1) is 5.56 Å². The van der Waals surface area contributed by atoms with Crippen LogP contribution in [0, 0.1) is 0 Å². The van der Waals surface area contributed by atoms with E-state index in [2.05, 4.69) is 15.6 Å². The maximum Gasteiger partial charge on any atom is 0.459 e. The summed E-state index contributed by atoms with van der Waals surface area (Å²) in [7, 11) is 0.640. The van der Waals surface area contributed by atoms with Crippen LogP contribution in [0.4, 0.5) is 37.8 Å². The van der Waals surface area contributed by atoms with Gasteiger partial charge < -0.3 is 15.4 Å². The van der Waals surface area contributed by atoms with E-state index in [4.69, 9.17) is 4.74 Å². The zero-order valence-corrected chi connectivity index (χ0v) is 20.5. The predicted octanol–water partition coefficient (Wildman–Crippen LogP) is 6.45. The van der Waals surface area contributed by atoms with Gasteiger partial charge in [-0.2, -0.15) is 26.3 Å². The number of rotatable bonds is 8. The lowest BCUT2D eigenvalue weighted by Gasteiger charge is -2.22. The first kappa shape index (κ1) is 29.2. The standard InChI is InChI=1S/C26H22F6N4O3/c1-16(37)34-23-14-21(10-11-33-23)39-20-5-3-4-17(12-20)6-9-24(38)35-19-8-7-18(15-36(2)26(30,31)32)22(13-19)25(27,28)29/h3-14H,15H2,1-2H3,(H,35,38)(H,33,34,37)/b9-6+. The number of anilines is 2. The van der Waals surface area contributed by atoms with Gasteiger partial charge >= 0.3 is 12.5 Å². The minimum Gasteiger partial charge on any atom is -0.457 e. The van der Waals surface area contributed by atoms with E-state index in [0.29, 0.717) is 36.0 Å². The lowest BCUT2D eigenvalue weighted by Crippen LogP contribution is -2.34. The molecule has 0 spiro atoms. The third-order valence-electron chi connectivity index (χ3n) is 5.08. The molecule has 2 amide bonds. The molecule has 13 heteroatoms. The van der Waals surface area contributed by atoms with Crippen LogP contribution in [0.5, 0.6) is 11.5 Å². The third kappa shape index (κ3) is 8.85. The molecule has 3 rings (SSSR count). The molecule has 0 saturated heterocycles. The molecule has 0 atom stereocenters. The van der Waals surface area contributed by atoms with Crippen molar-refractivity contribution in [1.29, 1.82) is 0 Å². The largest absolute Gasteiger partial charge is 0.459 e. The second kappa shape index (κ2) is 12.0. The lowest BCUT2D eigenvalue weighted by molar-refractivity contribution is -0.240. The molecular weight excluding hydrogens is 530 g/mol. The third-order valence-corrected chi connectivity index (χ3v) is 5.08. The molecule has 0 aliphatic rings. The number of hydrogen-bond donors (Lipinski definition) is 2. The average Bonchev–Trinajstić information content (AvgIpc) is 2.82. The van der Waals surface area contributed by atoms with Crippen LogP contribution in [0.3, 0.4) is 0 Å². The molecule has 2 aromatic carbocycles. The highest BCUT2D eigenvalue weighted by atomic mass is 19.4. The first-order valence-corrected chi connectivity index (χ1v) is 11.2. The van der Waals surface area contributed by atoms with E-state index < -0.39 is 36.1 Å². The monoisotopic (exact) mass is 552 g/mol. The highest BCUT2D eigenvalue weighted by Crippen LogP contribution is 2.35. The lowest BCUT2D eigenvalue weighted by atomic mass is 10.1. The van der Waals surface area contributed by atoms with Crippen molar-refractivity contribution < 1.29 is 40.7 Å². The number of ether oxygens (including phenoxy) is 1. The fourth-order valence-electron chi connectivity index (χ4n) is 3.30. The first-order valence-electron chi connectivity index (χ1n) is 11.2. The van der Waals surface area contributed by atoms with Gasteiger partial charge in [0, 0.05) is 37.5 Å². The number of pyridine rings is 1. The maximum absolute atomic E-state index is 13.5. The second-order valence-corrected chi connectivity index (χ2v) is 8.25. The molecule has 0 unspecified atom stereocenters. The fourth-order valence-corrected chi connectivity index (χ4v) is 3.30. The van der Waals surface area contributed by atoms with Crippen LogP contribution in [-0.4, -0.2) is 35.0 Å². The molecule has 2 N–H and O–H groups in total. The summed E-state index contributed by atoms with van der Waals surface area (Å²) >= 11 is 0. The molecule has 39 heavy (non-hydrogen) atoms. The Hall–Kier alpha value is -4.39. The van der Waals surface area contributed by atoms with Crippen molar-refractivity contribution in [2.24, 2.45) is 0 Å². The van der Waals surface area contributed by atoms with Gasteiger partial charge in [-0.05, 0) is 54.6 Å². The first-order chi connectivity index (χ1) is 18.2. The van der Waals surface area contributed by atoms with E-state index in [0.717, 1.165) is 18.2 Å². The molecule has 1 heterocycles. The summed E-state index contributed by atoms with van der Waals surface area (Å²) in [4.78, 5) is 27.3. The average molecular weight is 552 g/mol. The number of nitrogens with one attached hydrogen (secondary N) is 2. The molecule has 206 valence electrons. The van der Waals surface area contributed by atoms with Crippen molar-refractivity contribution in [3.05, 3.63) is 83.6 Å². The van der Waals surface area contributed by atoms with E-state index in [1.54, 1.807) is 30.3 Å². The Kier molecular flexibility index (Phi) is 8.96. The quantitative estimate of drug-likeness (QED) is 0.191. The topological polar surface area (TPSA) is 83.6 Å². The van der Waals surface area contributed by atoms with Gasteiger partial charge in [-0.1, -0.05) is 18.2 Å². The van der Waals surface area contributed by atoms with Crippen molar-refractivity contribution in [2.75, 3.05) is 17.7 Å². The number of alkyl halides is 6. The number of halogens is 6. The Morgan fingerprint density at radius 2 is 1.69 bits per heavy atom. The van der Waals surface area contributed by atoms with Crippen molar-refractivity contribution in [1.82, 2.24) is 9.88 Å². The number of nitrogens with zero attached hydrogens (tertiary/aromatic N) is 2. The molecule has 0 aliphatic heterocycles. The van der Waals surface area contributed by atoms with Crippen LogP contribution in [0.25, 0.3) is 6.08 Å². The molecule has 0 radical (unpaired) electrons. The summed E-state index contributed by atoms with van der Waals surface area (Å²) in [5, 5.41) is 4.81. The van der Waals surface area contributed by atoms with Gasteiger partial charge in [-0.25, -0.2) is 9.88 Å². The molecule has 1 aromatic heterocycles. The second-order valence-electron chi connectivity index (χ2n) is 8.25. The minimum atomic E-state index is -4.93. The number of carbonyl (C=O) groups is 2. The minimum absolute atomic E-state index is 0.174. The zero-order valence-electron chi connectivity index (χ0n) is 20.5. The van der Waals surface area contributed by atoms with Crippen LogP contribution in [-0.2, 0) is 22.3 Å². The number of benzene rings is 2. The van der Waals surface area contributed by atoms with Crippen molar-refractivity contribution in [2.45, 2.75) is 25.9 Å². The molecule has 0 fully saturated rings. The van der Waals surface area contributed by atoms with Gasteiger partial charge in [0.25, 0.3) is 0 Å². The molecular formula is C26H22F6N4O3. The number of aromatic nitrogens is 1. The number of amides is 2. The highest BCUT2D eigenvalue weighted by Gasteiger charge is 2.38. The number of carbonyl (C=O) groups excluding carboxylic acids is 2. The predicted molar refractivity (Wildman–Crippen MR) is 132 cm³/mol. The Morgan fingerprint density at radius 1 is 0.974 bits per heavy atom. The Labute approximate surface area is 219 Å². The van der Waals surface area contributed by atoms with E-state index >= 15 is 0 Å². The Morgan fingerprint density at radius 3 is 2.36 bits per heavy atom. The molecule has 0 saturated carbocycles. The van der Waals surface area contributed by atoms with Crippen LogP contribution in [0.15, 0.2) is 66.9 Å². The van der Waals surface area contributed by atoms with E-state index in [1.165, 1.54) is 25.3 Å². The summed E-state index contributed by atoms with van der Waals surface area (Å²) in [5.74, 6) is 0.0138. The van der Waals surface area contributed by atoms with E-state index in [1.807, 2.05) is 0 Å². The number of hydrogen-bond acceptors (Lipinski definition) is 5. The van der Waals surface area contributed by atoms with Gasteiger partial charge in [-0.3, -0.25) is 9.59 Å². The molecule has 7 nitrogen and oxygen atoms in total. The van der Waals surface area contributed by atoms with E-state index in [9.17, 15) is 35.9 Å². The van der Waals surface area contributed by atoms with Crippen molar-refractivity contribution in [3.8, 4) is 11.5 Å². The highest BCUT2D eigenvalue weighted by molar-refractivity contribution is 6.02. The van der Waals surface area contributed by atoms with Gasteiger partial charge in [0.1, 0.15) is 17.3 Å². The summed E-state index contributed by atoms with van der Waals surface area (Å²) in [6.45, 7) is 0.321. The Balaban J connectivity index is 1.70. The Bertz CT molecular complexity index is 1370. The van der Waals surface area contributed by atoms with Crippen LogP contribution in [0.2, 0.25) is 0 Å². The van der Waals surface area contributed by atoms with Crippen LogP contribution in [0.1, 0.15) is 23.6 Å². The SMILES string of the molecule is CC(=O)Nc1cc(Oc2cccc(/C=C/C(=O)Nc3ccc(CN(C)C(F)(F)F)c(C(F)(F)F)c3)c2)ccn1. The normalized spacial score (nSPS) is 12.0. The van der Waals surface area contributed by atoms with Crippen LogP contribution < -0.4 is 15.4 Å². The summed E-state index contributed by atoms with van der Waals surface area (Å²) in [6, 6.07) is 12.2. The maximum atomic E-state index is 13.5. The van der Waals surface area contributed by atoms with E-state index in [-0.39, 0.29) is 16.5 Å². The summed E-state index contributed by atoms with van der Waals surface area (Å²) < 4.78 is 84.6. The fraction of sp³-hybridized carbons (Fsp3) is 0.192. The van der Waals surface area contributed by atoms with Crippen molar-refractivity contribution in [3.63, 3.8) is 0 Å².